The molecule has 0 aliphatic carbocycles. The summed E-state index contributed by atoms with van der Waals surface area (Å²) in [5, 5.41) is 0. The highest BCUT2D eigenvalue weighted by Gasteiger charge is 2.03. The van der Waals surface area contributed by atoms with Gasteiger partial charge in [0.25, 0.3) is 0 Å². The average Bonchev–Trinajstić information content (AvgIpc) is 2.04. The van der Waals surface area contributed by atoms with Gasteiger partial charge in [-0.2, -0.15) is 0 Å². The van der Waals surface area contributed by atoms with E-state index in [9.17, 15) is 0 Å². The molecule has 0 fully saturated rings. The number of hydrogen-bond acceptors (Lipinski definition) is 3. The second kappa shape index (κ2) is 2.20. The lowest BCUT2D eigenvalue weighted by Crippen LogP contribution is -2.28. The maximum absolute atomic E-state index is 5.54. The summed E-state index contributed by atoms with van der Waals surface area (Å²) in [7, 11) is 0. The molecule has 1 heterocycles. The quantitative estimate of drug-likeness (QED) is 0.510. The molecule has 0 radical (unpaired) electrons. The molecule has 0 atom stereocenters. The van der Waals surface area contributed by atoms with E-state index in [4.69, 9.17) is 5.73 Å². The molecule has 0 aromatic heterocycles. The number of nitrogens with two attached hydrogens (primary N) is 1. The Labute approximate surface area is 64.9 Å². The molecule has 0 amide bonds. The lowest BCUT2D eigenvalue weighted by Gasteiger charge is -2.17. The highest BCUT2D eigenvalue weighted by molar-refractivity contribution is 5.69. The Morgan fingerprint density at radius 1 is 1.09 bits per heavy atom. The van der Waals surface area contributed by atoms with Crippen LogP contribution in [0, 0.1) is 0 Å². The zero-order valence-electron chi connectivity index (χ0n) is 5.96. The Morgan fingerprint density at radius 2 is 1.91 bits per heavy atom. The van der Waals surface area contributed by atoms with Crippen molar-refractivity contribution in [2.75, 3.05) is 5.43 Å². The number of hydrogen-bond donors (Lipinski definition) is 3. The average molecular weight is 147 g/mol. The Hall–Kier alpha value is -1.64. The van der Waals surface area contributed by atoms with Crippen LogP contribution in [0.25, 0.3) is 6.08 Å². The smallest absolute Gasteiger partial charge is 0.115 e. The minimum absolute atomic E-state index is 0.642. The van der Waals surface area contributed by atoms with E-state index < -0.39 is 0 Å². The standard InChI is InChI=1S/C8H9N3/c9-8-5-6-3-1-2-4-7(6)10-11-8/h1-5,10-11H,9H2. The largest absolute Gasteiger partial charge is 0.384 e. The number of nitrogens with one attached hydrogen (secondary N) is 2. The zero-order chi connectivity index (χ0) is 7.68. The first-order chi connectivity index (χ1) is 5.36. The minimum Gasteiger partial charge on any atom is -0.384 e. The van der Waals surface area contributed by atoms with Crippen molar-refractivity contribution in [3.8, 4) is 0 Å². The maximum Gasteiger partial charge on any atom is 0.115 e. The van der Waals surface area contributed by atoms with Gasteiger partial charge in [-0.25, -0.2) is 0 Å². The third-order valence-corrected chi connectivity index (χ3v) is 1.61. The molecule has 0 saturated carbocycles. The Balaban J connectivity index is 2.51. The first-order valence-electron chi connectivity index (χ1n) is 3.44. The molecule has 0 saturated heterocycles. The summed E-state index contributed by atoms with van der Waals surface area (Å²) in [5.74, 6) is 0.642. The van der Waals surface area contributed by atoms with Crippen molar-refractivity contribution in [2.45, 2.75) is 0 Å². The first kappa shape index (κ1) is 6.09. The predicted octanol–water partition coefficient (Wildman–Crippen LogP) is 0.874. The Kier molecular flexibility index (Phi) is 1.22. The van der Waals surface area contributed by atoms with E-state index in [0.29, 0.717) is 5.82 Å². The Morgan fingerprint density at radius 3 is 2.82 bits per heavy atom. The fourth-order valence-corrected chi connectivity index (χ4v) is 1.08. The number of fused-ring (bicyclic) bond motifs is 1. The number of para-hydroxylation sites is 1. The summed E-state index contributed by atoms with van der Waals surface area (Å²) < 4.78 is 0. The normalized spacial score (nSPS) is 14.0. The minimum atomic E-state index is 0.642. The van der Waals surface area contributed by atoms with Gasteiger partial charge in [-0.05, 0) is 12.1 Å². The van der Waals surface area contributed by atoms with Gasteiger partial charge in [0.15, 0.2) is 0 Å². The summed E-state index contributed by atoms with van der Waals surface area (Å²) in [4.78, 5) is 0. The van der Waals surface area contributed by atoms with Crippen LogP contribution in [0.15, 0.2) is 30.1 Å². The molecule has 0 bridgehead atoms. The van der Waals surface area contributed by atoms with Crippen LogP contribution >= 0.6 is 0 Å². The van der Waals surface area contributed by atoms with Crippen molar-refractivity contribution in [1.29, 1.82) is 0 Å². The fraction of sp³-hybridized carbons (Fsp3) is 0. The van der Waals surface area contributed by atoms with Crippen molar-refractivity contribution < 1.29 is 0 Å². The fourth-order valence-electron chi connectivity index (χ4n) is 1.08. The third-order valence-electron chi connectivity index (χ3n) is 1.61. The molecule has 1 aliphatic rings. The molecular weight excluding hydrogens is 138 g/mol. The van der Waals surface area contributed by atoms with Crippen LogP contribution in [-0.2, 0) is 0 Å². The van der Waals surface area contributed by atoms with Gasteiger partial charge in [0.1, 0.15) is 5.82 Å². The monoisotopic (exact) mass is 147 g/mol. The number of benzene rings is 1. The molecule has 0 spiro atoms. The third kappa shape index (κ3) is 1.00. The van der Waals surface area contributed by atoms with Gasteiger partial charge in [0.05, 0.1) is 5.69 Å². The van der Waals surface area contributed by atoms with E-state index in [2.05, 4.69) is 10.9 Å². The summed E-state index contributed by atoms with van der Waals surface area (Å²) in [5.41, 5.74) is 13.5. The van der Waals surface area contributed by atoms with Gasteiger partial charge in [0, 0.05) is 5.56 Å². The van der Waals surface area contributed by atoms with Crippen molar-refractivity contribution in [3.63, 3.8) is 0 Å². The van der Waals surface area contributed by atoms with E-state index in [-0.39, 0.29) is 0 Å². The molecule has 4 N–H and O–H groups in total. The van der Waals surface area contributed by atoms with E-state index in [0.717, 1.165) is 11.3 Å². The SMILES string of the molecule is NC1=Cc2ccccc2NN1. The second-order valence-electron chi connectivity index (χ2n) is 2.44. The molecule has 11 heavy (non-hydrogen) atoms. The predicted molar refractivity (Wildman–Crippen MR) is 45.4 cm³/mol. The van der Waals surface area contributed by atoms with Gasteiger partial charge < -0.3 is 5.73 Å². The van der Waals surface area contributed by atoms with Crippen molar-refractivity contribution >= 4 is 11.8 Å². The molecule has 3 nitrogen and oxygen atoms in total. The number of anilines is 1. The van der Waals surface area contributed by atoms with E-state index in [1.165, 1.54) is 0 Å². The molecular formula is C8H9N3. The van der Waals surface area contributed by atoms with Crippen molar-refractivity contribution in [1.82, 2.24) is 5.43 Å². The van der Waals surface area contributed by atoms with Crippen LogP contribution in [-0.4, -0.2) is 0 Å². The van der Waals surface area contributed by atoms with Gasteiger partial charge in [-0.1, -0.05) is 18.2 Å². The zero-order valence-corrected chi connectivity index (χ0v) is 5.96. The molecule has 3 heteroatoms. The highest BCUT2D eigenvalue weighted by atomic mass is 15.4. The van der Waals surface area contributed by atoms with Crippen LogP contribution in [0.2, 0.25) is 0 Å². The molecule has 56 valence electrons. The van der Waals surface area contributed by atoms with Gasteiger partial charge in [-0.3, -0.25) is 10.9 Å². The van der Waals surface area contributed by atoms with Crippen LogP contribution in [0.5, 0.6) is 0 Å². The van der Waals surface area contributed by atoms with E-state index in [1.807, 2.05) is 30.3 Å². The number of rotatable bonds is 0. The highest BCUT2D eigenvalue weighted by Crippen LogP contribution is 2.18. The van der Waals surface area contributed by atoms with E-state index in [1.54, 1.807) is 0 Å². The summed E-state index contributed by atoms with van der Waals surface area (Å²) >= 11 is 0. The van der Waals surface area contributed by atoms with Gasteiger partial charge >= 0.3 is 0 Å². The Bertz CT molecular complexity index is 304. The second-order valence-corrected chi connectivity index (χ2v) is 2.44. The van der Waals surface area contributed by atoms with Crippen LogP contribution in [0.1, 0.15) is 5.56 Å². The van der Waals surface area contributed by atoms with Crippen molar-refractivity contribution in [2.24, 2.45) is 5.73 Å². The topological polar surface area (TPSA) is 50.1 Å². The molecule has 1 aromatic rings. The summed E-state index contributed by atoms with van der Waals surface area (Å²) in [6, 6.07) is 7.96. The summed E-state index contributed by atoms with van der Waals surface area (Å²) in [6.45, 7) is 0. The van der Waals surface area contributed by atoms with Gasteiger partial charge in [0.2, 0.25) is 0 Å². The molecule has 0 unspecified atom stereocenters. The molecule has 1 aliphatic heterocycles. The number of hydrazine groups is 1. The van der Waals surface area contributed by atoms with Crippen LogP contribution in [0.3, 0.4) is 0 Å². The maximum atomic E-state index is 5.54. The van der Waals surface area contributed by atoms with Crippen LogP contribution in [0.4, 0.5) is 5.69 Å². The lowest BCUT2D eigenvalue weighted by molar-refractivity contribution is 0.937. The van der Waals surface area contributed by atoms with Crippen molar-refractivity contribution in [3.05, 3.63) is 35.6 Å². The van der Waals surface area contributed by atoms with Gasteiger partial charge in [-0.15, -0.1) is 0 Å². The summed E-state index contributed by atoms with van der Waals surface area (Å²) in [6.07, 6.45) is 1.89. The molecule has 2 rings (SSSR count). The van der Waals surface area contributed by atoms with Crippen LogP contribution < -0.4 is 16.6 Å². The molecule has 1 aromatic carbocycles. The van der Waals surface area contributed by atoms with E-state index >= 15 is 0 Å². The lowest BCUT2D eigenvalue weighted by atomic mass is 10.1. The first-order valence-corrected chi connectivity index (χ1v) is 3.44.